The third-order valence-electron chi connectivity index (χ3n) is 3.15. The van der Waals surface area contributed by atoms with Crippen LogP contribution in [0.2, 0.25) is 0 Å². The molecule has 108 valence electrons. The third-order valence-corrected chi connectivity index (χ3v) is 3.15. The molecule has 1 amide bonds. The van der Waals surface area contributed by atoms with Crippen LogP contribution in [0.5, 0.6) is 5.75 Å². The van der Waals surface area contributed by atoms with Crippen LogP contribution in [0.25, 0.3) is 0 Å². The maximum Gasteiger partial charge on any atom is 0.277 e. The minimum Gasteiger partial charge on any atom is -0.473 e. The molecular weight excluding hydrogens is 272 g/mol. The lowest BCUT2D eigenvalue weighted by Crippen LogP contribution is -2.44. The lowest BCUT2D eigenvalue weighted by molar-refractivity contribution is -0.386. The number of rotatable bonds is 5. The smallest absolute Gasteiger partial charge is 0.277 e. The number of nitrogens with zero attached hydrogens (tertiary/aromatic N) is 1. The molecule has 0 heterocycles. The quantitative estimate of drug-likeness (QED) is 0.674. The predicted molar refractivity (Wildman–Crippen MR) is 76.7 cm³/mol. The molecule has 6 heteroatoms. The molecule has 0 saturated heterocycles. The van der Waals surface area contributed by atoms with Gasteiger partial charge in [-0.05, 0) is 25.1 Å². The molecule has 0 fully saturated rings. The maximum absolute atomic E-state index is 11.9. The van der Waals surface area contributed by atoms with E-state index in [4.69, 9.17) is 10.5 Å². The van der Waals surface area contributed by atoms with Crippen molar-refractivity contribution in [3.63, 3.8) is 0 Å². The first-order valence-electron chi connectivity index (χ1n) is 6.23. The number of nitrogens with two attached hydrogens (primary N) is 1. The third kappa shape index (κ3) is 2.84. The predicted octanol–water partition coefficient (Wildman–Crippen LogP) is 2.37. The molecule has 2 rings (SSSR count). The normalized spacial score (nSPS) is 13.2. The summed E-state index contributed by atoms with van der Waals surface area (Å²) in [6.45, 7) is 1.42. The summed E-state index contributed by atoms with van der Waals surface area (Å²) in [5.74, 6) is -0.405. The van der Waals surface area contributed by atoms with Gasteiger partial charge in [-0.1, -0.05) is 30.3 Å². The Balaban J connectivity index is 2.53. The molecule has 0 aliphatic rings. The topological polar surface area (TPSA) is 95.5 Å². The second-order valence-electron chi connectivity index (χ2n) is 4.59. The molecule has 2 aromatic carbocycles. The van der Waals surface area contributed by atoms with Crippen LogP contribution in [0, 0.1) is 10.1 Å². The van der Waals surface area contributed by atoms with Crippen LogP contribution in [-0.2, 0) is 10.4 Å². The highest BCUT2D eigenvalue weighted by Gasteiger charge is 2.41. The summed E-state index contributed by atoms with van der Waals surface area (Å²) in [5, 5.41) is 11.1. The Morgan fingerprint density at radius 2 is 1.71 bits per heavy atom. The fraction of sp³-hybridized carbons (Fsp3) is 0.133. The summed E-state index contributed by atoms with van der Waals surface area (Å²) in [5.41, 5.74) is 3.70. The van der Waals surface area contributed by atoms with Gasteiger partial charge in [0.2, 0.25) is 5.60 Å². The number of carbonyl (C=O) groups excluding carboxylic acids is 1. The van der Waals surface area contributed by atoms with Crippen LogP contribution in [0.15, 0.2) is 54.6 Å². The molecule has 0 bridgehead atoms. The van der Waals surface area contributed by atoms with Crippen LogP contribution >= 0.6 is 0 Å². The van der Waals surface area contributed by atoms with Gasteiger partial charge in [0.05, 0.1) is 10.5 Å². The maximum atomic E-state index is 11.9. The summed E-state index contributed by atoms with van der Waals surface area (Å²) in [4.78, 5) is 22.5. The van der Waals surface area contributed by atoms with E-state index < -0.39 is 16.4 Å². The van der Waals surface area contributed by atoms with E-state index in [1.807, 2.05) is 0 Å². The molecule has 2 aromatic rings. The molecule has 21 heavy (non-hydrogen) atoms. The van der Waals surface area contributed by atoms with Crippen molar-refractivity contribution in [2.75, 3.05) is 0 Å². The molecule has 0 aliphatic carbocycles. The van der Waals surface area contributed by atoms with Crippen molar-refractivity contribution >= 4 is 11.6 Å². The van der Waals surface area contributed by atoms with E-state index >= 15 is 0 Å². The van der Waals surface area contributed by atoms with Gasteiger partial charge >= 0.3 is 0 Å². The molecule has 0 radical (unpaired) electrons. The molecule has 0 spiro atoms. The van der Waals surface area contributed by atoms with Crippen molar-refractivity contribution < 1.29 is 14.5 Å². The van der Waals surface area contributed by atoms with E-state index in [-0.39, 0.29) is 11.3 Å². The Labute approximate surface area is 121 Å². The number of amides is 1. The largest absolute Gasteiger partial charge is 0.473 e. The van der Waals surface area contributed by atoms with Crippen molar-refractivity contribution in [1.82, 2.24) is 0 Å². The molecule has 0 saturated carbocycles. The van der Waals surface area contributed by atoms with E-state index in [1.54, 1.807) is 36.4 Å². The van der Waals surface area contributed by atoms with Crippen molar-refractivity contribution in [2.45, 2.75) is 12.5 Å². The molecule has 6 nitrogen and oxygen atoms in total. The van der Waals surface area contributed by atoms with Crippen LogP contribution in [0.4, 0.5) is 5.69 Å². The Morgan fingerprint density at radius 3 is 2.29 bits per heavy atom. The molecule has 1 atom stereocenters. The summed E-state index contributed by atoms with van der Waals surface area (Å²) in [6.07, 6.45) is 0. The number of hydrogen-bond acceptors (Lipinski definition) is 4. The Morgan fingerprint density at radius 1 is 1.14 bits per heavy atom. The van der Waals surface area contributed by atoms with Gasteiger partial charge in [-0.25, -0.2) is 0 Å². The number of para-hydroxylation sites is 2. The number of ether oxygens (including phenoxy) is 1. The van der Waals surface area contributed by atoms with Crippen molar-refractivity contribution in [2.24, 2.45) is 5.73 Å². The minimum atomic E-state index is -1.63. The Bertz CT molecular complexity index is 672. The lowest BCUT2D eigenvalue weighted by Gasteiger charge is -2.27. The standard InChI is InChI=1S/C15H14N2O4/c1-15(14(16)18,21-11-7-3-2-4-8-11)12-9-5-6-10-13(12)17(19)20/h2-10H,1H3,(H2,16,18). The van der Waals surface area contributed by atoms with E-state index in [0.29, 0.717) is 5.75 Å². The van der Waals surface area contributed by atoms with Gasteiger partial charge in [-0.3, -0.25) is 14.9 Å². The average molecular weight is 286 g/mol. The fourth-order valence-electron chi connectivity index (χ4n) is 2.00. The van der Waals surface area contributed by atoms with E-state index in [0.717, 1.165) is 0 Å². The summed E-state index contributed by atoms with van der Waals surface area (Å²) in [6, 6.07) is 14.4. The van der Waals surface area contributed by atoms with Gasteiger partial charge in [0.1, 0.15) is 5.75 Å². The van der Waals surface area contributed by atoms with Crippen LogP contribution in [0.3, 0.4) is 0 Å². The van der Waals surface area contributed by atoms with E-state index in [2.05, 4.69) is 0 Å². The van der Waals surface area contributed by atoms with Crippen LogP contribution < -0.4 is 10.5 Å². The highest BCUT2D eigenvalue weighted by atomic mass is 16.6. The summed E-state index contributed by atoms with van der Waals surface area (Å²) < 4.78 is 5.66. The number of nitro benzene ring substituents is 1. The van der Waals surface area contributed by atoms with Crippen LogP contribution in [-0.4, -0.2) is 10.8 Å². The SMILES string of the molecule is CC(Oc1ccccc1)(C(N)=O)c1ccccc1[N+](=O)[O-]. The molecule has 0 aliphatic heterocycles. The lowest BCUT2D eigenvalue weighted by atomic mass is 9.93. The zero-order valence-corrected chi connectivity index (χ0v) is 11.4. The minimum absolute atomic E-state index is 0.117. The van der Waals surface area contributed by atoms with Gasteiger partial charge < -0.3 is 10.5 Å². The van der Waals surface area contributed by atoms with Crippen molar-refractivity contribution in [3.8, 4) is 5.75 Å². The second-order valence-corrected chi connectivity index (χ2v) is 4.59. The highest BCUT2D eigenvalue weighted by Crippen LogP contribution is 2.33. The zero-order chi connectivity index (χ0) is 15.5. The van der Waals surface area contributed by atoms with Gasteiger partial charge in [0, 0.05) is 6.07 Å². The Hall–Kier alpha value is -2.89. The van der Waals surface area contributed by atoms with Gasteiger partial charge in [-0.2, -0.15) is 0 Å². The monoisotopic (exact) mass is 286 g/mol. The highest BCUT2D eigenvalue weighted by molar-refractivity contribution is 5.86. The number of hydrogen-bond donors (Lipinski definition) is 1. The van der Waals surface area contributed by atoms with E-state index in [1.165, 1.54) is 25.1 Å². The Kier molecular flexibility index (Phi) is 3.89. The first kappa shape index (κ1) is 14.5. The molecule has 1 unspecified atom stereocenters. The molecule has 2 N–H and O–H groups in total. The summed E-state index contributed by atoms with van der Waals surface area (Å²) in [7, 11) is 0. The van der Waals surface area contributed by atoms with Crippen molar-refractivity contribution in [1.29, 1.82) is 0 Å². The average Bonchev–Trinajstić information content (AvgIpc) is 2.48. The van der Waals surface area contributed by atoms with Gasteiger partial charge in [-0.15, -0.1) is 0 Å². The van der Waals surface area contributed by atoms with Gasteiger partial charge in [0.25, 0.3) is 11.6 Å². The first-order valence-corrected chi connectivity index (χ1v) is 6.23. The molecule has 0 aromatic heterocycles. The zero-order valence-electron chi connectivity index (χ0n) is 11.4. The fourth-order valence-corrected chi connectivity index (χ4v) is 2.00. The number of carbonyl (C=O) groups is 1. The number of nitro groups is 1. The second kappa shape index (κ2) is 5.62. The number of benzene rings is 2. The van der Waals surface area contributed by atoms with E-state index in [9.17, 15) is 14.9 Å². The number of primary amides is 1. The summed E-state index contributed by atoms with van der Waals surface area (Å²) >= 11 is 0. The van der Waals surface area contributed by atoms with Crippen LogP contribution in [0.1, 0.15) is 12.5 Å². The van der Waals surface area contributed by atoms with Gasteiger partial charge in [0.15, 0.2) is 0 Å². The first-order chi connectivity index (χ1) is 9.95. The van der Waals surface area contributed by atoms with Crippen molar-refractivity contribution in [3.05, 3.63) is 70.3 Å². The molecular formula is C15H14N2O4.